The van der Waals surface area contributed by atoms with Gasteiger partial charge in [-0.2, -0.15) is 0 Å². The molecule has 0 saturated carbocycles. The number of aliphatic hydroxyl groups is 1. The first kappa shape index (κ1) is 15.1. The molecule has 0 spiro atoms. The minimum atomic E-state index is 0.254. The molecule has 2 nitrogen and oxygen atoms in total. The van der Waals surface area contributed by atoms with Gasteiger partial charge < -0.3 is 10.0 Å². The molecule has 2 aromatic carbocycles. The highest BCUT2D eigenvalue weighted by molar-refractivity contribution is 5.53. The van der Waals surface area contributed by atoms with Crippen molar-refractivity contribution in [2.75, 3.05) is 18.1 Å². The van der Waals surface area contributed by atoms with Crippen molar-refractivity contribution in [2.45, 2.75) is 39.2 Å². The zero-order valence-corrected chi connectivity index (χ0v) is 13.5. The molecule has 1 aliphatic rings. The molecule has 2 aromatic rings. The summed E-state index contributed by atoms with van der Waals surface area (Å²) in [7, 11) is 0. The molecular weight excluding hydrogens is 270 g/mol. The first-order valence-corrected chi connectivity index (χ1v) is 8.20. The van der Waals surface area contributed by atoms with E-state index >= 15 is 0 Å². The van der Waals surface area contributed by atoms with Crippen LogP contribution < -0.4 is 4.90 Å². The van der Waals surface area contributed by atoms with Crippen LogP contribution in [0.25, 0.3) is 0 Å². The maximum atomic E-state index is 9.51. The van der Waals surface area contributed by atoms with Gasteiger partial charge in [-0.15, -0.1) is 0 Å². The van der Waals surface area contributed by atoms with Crippen molar-refractivity contribution in [1.82, 2.24) is 0 Å². The summed E-state index contributed by atoms with van der Waals surface area (Å²) in [6.45, 7) is 5.68. The summed E-state index contributed by atoms with van der Waals surface area (Å²) in [4.78, 5) is 2.35. The van der Waals surface area contributed by atoms with Gasteiger partial charge in [0.1, 0.15) is 0 Å². The van der Waals surface area contributed by atoms with Crippen LogP contribution in [-0.2, 0) is 6.42 Å². The van der Waals surface area contributed by atoms with Gasteiger partial charge in [0.2, 0.25) is 0 Å². The summed E-state index contributed by atoms with van der Waals surface area (Å²) in [5, 5.41) is 9.51. The smallest absolute Gasteiger partial charge is 0.0635 e. The second-order valence-electron chi connectivity index (χ2n) is 6.39. The molecule has 1 N–H and O–H groups in total. The lowest BCUT2D eigenvalue weighted by Gasteiger charge is -2.26. The van der Waals surface area contributed by atoms with Crippen LogP contribution >= 0.6 is 0 Å². The Hall–Kier alpha value is -1.80. The third-order valence-corrected chi connectivity index (χ3v) is 4.89. The summed E-state index contributed by atoms with van der Waals surface area (Å²) >= 11 is 0. The zero-order valence-electron chi connectivity index (χ0n) is 13.5. The van der Waals surface area contributed by atoms with Crippen molar-refractivity contribution in [2.24, 2.45) is 0 Å². The molecule has 0 aromatic heterocycles. The molecule has 2 heteroatoms. The lowest BCUT2D eigenvalue weighted by molar-refractivity contribution is 0.266. The summed E-state index contributed by atoms with van der Waals surface area (Å²) in [5.41, 5.74) is 6.73. The summed E-state index contributed by atoms with van der Waals surface area (Å²) in [5.74, 6) is 0. The summed E-state index contributed by atoms with van der Waals surface area (Å²) in [6, 6.07) is 15.6. The van der Waals surface area contributed by atoms with Crippen LogP contribution in [0.2, 0.25) is 0 Å². The number of aryl methyl sites for hydroxylation is 2. The summed E-state index contributed by atoms with van der Waals surface area (Å²) < 4.78 is 0. The Labute approximate surface area is 133 Å². The Balaban J connectivity index is 1.82. The van der Waals surface area contributed by atoms with Crippen LogP contribution in [0.5, 0.6) is 0 Å². The first-order chi connectivity index (χ1) is 10.7. The Morgan fingerprint density at radius 1 is 1.05 bits per heavy atom. The second-order valence-corrected chi connectivity index (χ2v) is 6.39. The maximum Gasteiger partial charge on any atom is 0.0635 e. The van der Waals surface area contributed by atoms with Crippen LogP contribution in [0, 0.1) is 13.8 Å². The minimum absolute atomic E-state index is 0.254. The van der Waals surface area contributed by atoms with Gasteiger partial charge in [0.05, 0.1) is 12.6 Å². The van der Waals surface area contributed by atoms with Gasteiger partial charge in [-0.1, -0.05) is 30.3 Å². The highest BCUT2D eigenvalue weighted by Gasteiger charge is 2.24. The van der Waals surface area contributed by atoms with Crippen LogP contribution in [0.3, 0.4) is 0 Å². The van der Waals surface area contributed by atoms with Crippen molar-refractivity contribution < 1.29 is 5.11 Å². The fraction of sp³-hybridized carbons (Fsp3) is 0.400. The fourth-order valence-electron chi connectivity index (χ4n) is 3.44. The van der Waals surface area contributed by atoms with Crippen molar-refractivity contribution in [3.05, 3.63) is 64.7 Å². The molecule has 1 heterocycles. The lowest BCUT2D eigenvalue weighted by atomic mass is 9.97. The van der Waals surface area contributed by atoms with Gasteiger partial charge in [-0.25, -0.2) is 0 Å². The molecule has 1 saturated heterocycles. The lowest BCUT2D eigenvalue weighted by Crippen LogP contribution is -2.32. The average Bonchev–Trinajstić information content (AvgIpc) is 3.00. The summed E-state index contributed by atoms with van der Waals surface area (Å²) in [6.07, 6.45) is 3.26. The molecule has 22 heavy (non-hydrogen) atoms. The molecular formula is C20H25NO. The SMILES string of the molecule is Cc1ccccc1Cc1ccc(N2CCCC2CO)cc1C. The van der Waals surface area contributed by atoms with Crippen molar-refractivity contribution in [3.63, 3.8) is 0 Å². The number of hydrogen-bond acceptors (Lipinski definition) is 2. The number of benzene rings is 2. The van der Waals surface area contributed by atoms with E-state index in [0.717, 1.165) is 19.4 Å². The predicted octanol–water partition coefficient (Wildman–Crippen LogP) is 3.86. The van der Waals surface area contributed by atoms with E-state index in [2.05, 4.69) is 61.2 Å². The van der Waals surface area contributed by atoms with Crippen LogP contribution in [0.15, 0.2) is 42.5 Å². The van der Waals surface area contributed by atoms with Gasteiger partial charge in [0, 0.05) is 12.2 Å². The van der Waals surface area contributed by atoms with E-state index < -0.39 is 0 Å². The molecule has 0 radical (unpaired) electrons. The van der Waals surface area contributed by atoms with E-state index in [9.17, 15) is 5.11 Å². The van der Waals surface area contributed by atoms with E-state index in [4.69, 9.17) is 0 Å². The molecule has 3 rings (SSSR count). The standard InChI is InChI=1S/C20H25NO/c1-15-6-3-4-7-17(15)13-18-9-10-19(12-16(18)2)21-11-5-8-20(21)14-22/h3-4,6-7,9-10,12,20,22H,5,8,11,13-14H2,1-2H3. The van der Waals surface area contributed by atoms with Gasteiger partial charge in [0.15, 0.2) is 0 Å². The molecule has 0 aliphatic carbocycles. The Bertz CT molecular complexity index is 650. The van der Waals surface area contributed by atoms with Gasteiger partial charge in [0.25, 0.3) is 0 Å². The first-order valence-electron chi connectivity index (χ1n) is 8.20. The molecule has 0 amide bonds. The quantitative estimate of drug-likeness (QED) is 0.926. The molecule has 1 unspecified atom stereocenters. The number of anilines is 1. The third kappa shape index (κ3) is 3.02. The molecule has 0 bridgehead atoms. The normalized spacial score (nSPS) is 18.0. The van der Waals surface area contributed by atoms with Crippen molar-refractivity contribution in [1.29, 1.82) is 0 Å². The van der Waals surface area contributed by atoms with Crippen molar-refractivity contribution >= 4 is 5.69 Å². The van der Waals surface area contributed by atoms with Crippen molar-refractivity contribution in [3.8, 4) is 0 Å². The Kier molecular flexibility index (Phi) is 4.49. The van der Waals surface area contributed by atoms with Gasteiger partial charge in [-0.3, -0.25) is 0 Å². The zero-order chi connectivity index (χ0) is 15.5. The van der Waals surface area contributed by atoms with Gasteiger partial charge in [-0.05, 0) is 67.5 Å². The molecule has 116 valence electrons. The highest BCUT2D eigenvalue weighted by atomic mass is 16.3. The van der Waals surface area contributed by atoms with E-state index in [1.54, 1.807) is 0 Å². The Morgan fingerprint density at radius 3 is 2.55 bits per heavy atom. The maximum absolute atomic E-state index is 9.51. The topological polar surface area (TPSA) is 23.5 Å². The number of hydrogen-bond donors (Lipinski definition) is 1. The number of nitrogens with zero attached hydrogens (tertiary/aromatic N) is 1. The largest absolute Gasteiger partial charge is 0.394 e. The number of aliphatic hydroxyl groups excluding tert-OH is 1. The van der Waals surface area contributed by atoms with E-state index in [1.165, 1.54) is 34.4 Å². The molecule has 1 fully saturated rings. The van der Waals surface area contributed by atoms with E-state index in [-0.39, 0.29) is 6.61 Å². The van der Waals surface area contributed by atoms with Gasteiger partial charge >= 0.3 is 0 Å². The molecule has 1 atom stereocenters. The molecule has 1 aliphatic heterocycles. The minimum Gasteiger partial charge on any atom is -0.394 e. The third-order valence-electron chi connectivity index (χ3n) is 4.89. The van der Waals surface area contributed by atoms with E-state index in [0.29, 0.717) is 6.04 Å². The number of rotatable bonds is 4. The van der Waals surface area contributed by atoms with E-state index in [1.807, 2.05) is 0 Å². The second kappa shape index (κ2) is 6.53. The monoisotopic (exact) mass is 295 g/mol. The van der Waals surface area contributed by atoms with Crippen LogP contribution in [-0.4, -0.2) is 24.3 Å². The highest BCUT2D eigenvalue weighted by Crippen LogP contribution is 2.28. The fourth-order valence-corrected chi connectivity index (χ4v) is 3.44. The van der Waals surface area contributed by atoms with Crippen LogP contribution in [0.1, 0.15) is 35.1 Å². The Morgan fingerprint density at radius 2 is 1.82 bits per heavy atom. The van der Waals surface area contributed by atoms with Crippen LogP contribution in [0.4, 0.5) is 5.69 Å². The average molecular weight is 295 g/mol. The predicted molar refractivity (Wildman–Crippen MR) is 92.6 cm³/mol.